The molecule has 0 unspecified atom stereocenters. The zero-order chi connectivity index (χ0) is 17.1. The SMILES string of the molecule is CCn1cc(C(=O)Nc2nn(Cc3ccccc3)cc2Cl)c(C)n1. The average molecular weight is 344 g/mol. The van der Waals surface area contributed by atoms with E-state index in [0.29, 0.717) is 35.2 Å². The number of nitrogens with one attached hydrogen (secondary N) is 1. The second kappa shape index (κ2) is 6.88. The highest BCUT2D eigenvalue weighted by atomic mass is 35.5. The number of anilines is 1. The van der Waals surface area contributed by atoms with Gasteiger partial charge in [-0.25, -0.2) is 0 Å². The van der Waals surface area contributed by atoms with Gasteiger partial charge in [0.1, 0.15) is 5.02 Å². The van der Waals surface area contributed by atoms with Crippen LogP contribution < -0.4 is 5.32 Å². The molecule has 0 fully saturated rings. The second-order valence-corrected chi connectivity index (χ2v) is 5.85. The lowest BCUT2D eigenvalue weighted by molar-refractivity contribution is 0.102. The number of aryl methyl sites for hydroxylation is 2. The number of nitrogens with zero attached hydrogens (tertiary/aromatic N) is 4. The molecule has 2 heterocycles. The Balaban J connectivity index is 1.75. The van der Waals surface area contributed by atoms with Gasteiger partial charge in [-0.1, -0.05) is 41.9 Å². The Bertz CT molecular complexity index is 853. The van der Waals surface area contributed by atoms with Crippen molar-refractivity contribution < 1.29 is 4.79 Å². The highest BCUT2D eigenvalue weighted by molar-refractivity contribution is 6.33. The van der Waals surface area contributed by atoms with E-state index in [0.717, 1.165) is 5.56 Å². The van der Waals surface area contributed by atoms with Crippen molar-refractivity contribution in [3.05, 3.63) is 64.6 Å². The summed E-state index contributed by atoms with van der Waals surface area (Å²) in [5, 5.41) is 11.8. The van der Waals surface area contributed by atoms with Crippen LogP contribution in [0.2, 0.25) is 5.02 Å². The molecule has 0 aliphatic heterocycles. The molecule has 124 valence electrons. The lowest BCUT2D eigenvalue weighted by Gasteiger charge is -2.02. The summed E-state index contributed by atoms with van der Waals surface area (Å²) in [6.07, 6.45) is 3.42. The molecule has 0 saturated heterocycles. The first-order chi connectivity index (χ1) is 11.6. The molecule has 0 aliphatic carbocycles. The van der Waals surface area contributed by atoms with Crippen LogP contribution in [0.1, 0.15) is 28.5 Å². The lowest BCUT2D eigenvalue weighted by Crippen LogP contribution is -2.13. The molecule has 6 nitrogen and oxygen atoms in total. The summed E-state index contributed by atoms with van der Waals surface area (Å²) >= 11 is 6.20. The van der Waals surface area contributed by atoms with Crippen molar-refractivity contribution in [2.24, 2.45) is 0 Å². The second-order valence-electron chi connectivity index (χ2n) is 5.45. The molecule has 0 atom stereocenters. The van der Waals surface area contributed by atoms with Crippen LogP contribution in [0.4, 0.5) is 5.82 Å². The first kappa shape index (κ1) is 16.3. The molecular formula is C17H18ClN5O. The Hall–Kier alpha value is -2.60. The number of rotatable bonds is 5. The minimum Gasteiger partial charge on any atom is -0.304 e. The maximum atomic E-state index is 12.4. The van der Waals surface area contributed by atoms with Crippen LogP contribution in [0.3, 0.4) is 0 Å². The molecule has 24 heavy (non-hydrogen) atoms. The van der Waals surface area contributed by atoms with E-state index >= 15 is 0 Å². The Labute approximate surface area is 145 Å². The maximum absolute atomic E-state index is 12.4. The summed E-state index contributed by atoms with van der Waals surface area (Å²) in [4.78, 5) is 12.4. The number of hydrogen-bond acceptors (Lipinski definition) is 3. The van der Waals surface area contributed by atoms with Crippen molar-refractivity contribution in [2.45, 2.75) is 26.9 Å². The van der Waals surface area contributed by atoms with Gasteiger partial charge in [0.05, 0.1) is 17.8 Å². The number of hydrogen-bond donors (Lipinski definition) is 1. The van der Waals surface area contributed by atoms with E-state index in [9.17, 15) is 4.79 Å². The Morgan fingerprint density at radius 3 is 2.58 bits per heavy atom. The van der Waals surface area contributed by atoms with Gasteiger partial charge in [0.2, 0.25) is 0 Å². The van der Waals surface area contributed by atoms with Crippen LogP contribution in [0.5, 0.6) is 0 Å². The van der Waals surface area contributed by atoms with Crippen molar-refractivity contribution in [1.82, 2.24) is 19.6 Å². The van der Waals surface area contributed by atoms with Gasteiger partial charge in [-0.2, -0.15) is 10.2 Å². The highest BCUT2D eigenvalue weighted by Gasteiger charge is 2.16. The summed E-state index contributed by atoms with van der Waals surface area (Å²) in [5.74, 6) is 0.0836. The molecule has 0 radical (unpaired) electrons. The van der Waals surface area contributed by atoms with Crippen molar-refractivity contribution >= 4 is 23.3 Å². The quantitative estimate of drug-likeness (QED) is 0.772. The van der Waals surface area contributed by atoms with Gasteiger partial charge in [-0.15, -0.1) is 0 Å². The van der Waals surface area contributed by atoms with Crippen LogP contribution in [-0.2, 0) is 13.1 Å². The third-order valence-corrected chi connectivity index (χ3v) is 3.93. The average Bonchev–Trinajstić information content (AvgIpc) is 3.11. The number of carbonyl (C=O) groups is 1. The summed E-state index contributed by atoms with van der Waals surface area (Å²) in [6.45, 7) is 5.07. The van der Waals surface area contributed by atoms with Gasteiger partial charge in [-0.05, 0) is 19.4 Å². The zero-order valence-corrected chi connectivity index (χ0v) is 14.3. The topological polar surface area (TPSA) is 64.7 Å². The number of halogens is 1. The number of benzene rings is 1. The highest BCUT2D eigenvalue weighted by Crippen LogP contribution is 2.21. The molecule has 0 bridgehead atoms. The summed E-state index contributed by atoms with van der Waals surface area (Å²) in [7, 11) is 0. The first-order valence-electron chi connectivity index (χ1n) is 7.69. The van der Waals surface area contributed by atoms with Crippen LogP contribution in [0, 0.1) is 6.92 Å². The lowest BCUT2D eigenvalue weighted by atomic mass is 10.2. The maximum Gasteiger partial charge on any atom is 0.260 e. The number of aromatic nitrogens is 4. The van der Waals surface area contributed by atoms with Gasteiger partial charge in [0.15, 0.2) is 5.82 Å². The minimum absolute atomic E-state index is 0.265. The predicted molar refractivity (Wildman–Crippen MR) is 93.4 cm³/mol. The van der Waals surface area contributed by atoms with Gasteiger partial charge >= 0.3 is 0 Å². The van der Waals surface area contributed by atoms with E-state index in [4.69, 9.17) is 11.6 Å². The van der Waals surface area contributed by atoms with Crippen molar-refractivity contribution in [3.8, 4) is 0 Å². The van der Waals surface area contributed by atoms with Gasteiger partial charge in [0.25, 0.3) is 5.91 Å². The minimum atomic E-state index is -0.265. The normalized spacial score (nSPS) is 10.8. The monoisotopic (exact) mass is 343 g/mol. The molecule has 2 aromatic heterocycles. The molecule has 7 heteroatoms. The van der Waals surface area contributed by atoms with Gasteiger partial charge < -0.3 is 5.32 Å². The Morgan fingerprint density at radius 2 is 1.92 bits per heavy atom. The Morgan fingerprint density at radius 1 is 1.17 bits per heavy atom. The van der Waals surface area contributed by atoms with E-state index in [2.05, 4.69) is 15.5 Å². The molecule has 0 aliphatic rings. The van der Waals surface area contributed by atoms with Crippen molar-refractivity contribution in [1.29, 1.82) is 0 Å². The summed E-state index contributed by atoms with van der Waals surface area (Å²) in [5.41, 5.74) is 2.30. The fourth-order valence-corrected chi connectivity index (χ4v) is 2.61. The van der Waals surface area contributed by atoms with Crippen LogP contribution >= 0.6 is 11.6 Å². The smallest absolute Gasteiger partial charge is 0.260 e. The largest absolute Gasteiger partial charge is 0.304 e. The fourth-order valence-electron chi connectivity index (χ4n) is 2.41. The van der Waals surface area contributed by atoms with Gasteiger partial charge in [0, 0.05) is 18.9 Å². The molecule has 0 spiro atoms. The van der Waals surface area contributed by atoms with E-state index in [1.807, 2.05) is 37.3 Å². The van der Waals surface area contributed by atoms with Crippen molar-refractivity contribution in [2.75, 3.05) is 5.32 Å². The first-order valence-corrected chi connectivity index (χ1v) is 8.07. The van der Waals surface area contributed by atoms with Crippen LogP contribution in [-0.4, -0.2) is 25.5 Å². The molecule has 3 aromatic rings. The molecule has 1 N–H and O–H groups in total. The molecule has 3 rings (SSSR count). The van der Waals surface area contributed by atoms with Gasteiger partial charge in [-0.3, -0.25) is 14.2 Å². The summed E-state index contributed by atoms with van der Waals surface area (Å²) in [6, 6.07) is 9.92. The molecule has 1 amide bonds. The third kappa shape index (κ3) is 3.49. The fraction of sp³-hybridized carbons (Fsp3) is 0.235. The van der Waals surface area contributed by atoms with Crippen LogP contribution in [0.25, 0.3) is 0 Å². The van der Waals surface area contributed by atoms with E-state index in [1.54, 1.807) is 28.7 Å². The molecular weight excluding hydrogens is 326 g/mol. The van der Waals surface area contributed by atoms with Crippen molar-refractivity contribution in [3.63, 3.8) is 0 Å². The number of amides is 1. The predicted octanol–water partition coefficient (Wildman–Crippen LogP) is 3.36. The molecule has 1 aromatic carbocycles. The molecule has 0 saturated carbocycles. The van der Waals surface area contributed by atoms with E-state index in [-0.39, 0.29) is 5.91 Å². The van der Waals surface area contributed by atoms with E-state index < -0.39 is 0 Å². The summed E-state index contributed by atoms with van der Waals surface area (Å²) < 4.78 is 3.43. The van der Waals surface area contributed by atoms with E-state index in [1.165, 1.54) is 0 Å². The third-order valence-electron chi connectivity index (χ3n) is 3.65. The standard InChI is InChI=1S/C17H18ClN5O/c1-3-22-10-14(12(2)20-22)17(24)19-16-15(18)11-23(21-16)9-13-7-5-4-6-8-13/h4-8,10-11H,3,9H2,1-2H3,(H,19,21,24). The Kier molecular flexibility index (Phi) is 4.66. The van der Waals surface area contributed by atoms with Crippen LogP contribution in [0.15, 0.2) is 42.7 Å². The zero-order valence-electron chi connectivity index (χ0n) is 13.5. The number of carbonyl (C=O) groups excluding carboxylic acids is 1.